The molecule has 0 radical (unpaired) electrons. The number of carboxylic acid groups (broad SMARTS) is 1. The van der Waals surface area contributed by atoms with E-state index in [0.29, 0.717) is 24.9 Å². The SMILES string of the molecule is CC(C)C(=O)N(C)Cc1ccc(C(=O)NC(CCC(C)(C)C)C(=O)O)cc1. The topological polar surface area (TPSA) is 86.7 Å². The number of benzene rings is 1. The van der Waals surface area contributed by atoms with E-state index in [1.807, 2.05) is 34.6 Å². The fourth-order valence-corrected chi connectivity index (χ4v) is 2.63. The second kappa shape index (κ2) is 9.53. The molecular formula is C21H32N2O4. The summed E-state index contributed by atoms with van der Waals surface area (Å²) in [6, 6.07) is 5.96. The maximum atomic E-state index is 12.4. The summed E-state index contributed by atoms with van der Waals surface area (Å²) in [5.41, 5.74) is 1.31. The predicted molar refractivity (Wildman–Crippen MR) is 105 cm³/mol. The Morgan fingerprint density at radius 3 is 2.11 bits per heavy atom. The summed E-state index contributed by atoms with van der Waals surface area (Å²) in [5.74, 6) is -1.45. The zero-order valence-corrected chi connectivity index (χ0v) is 17.2. The highest BCUT2D eigenvalue weighted by molar-refractivity contribution is 5.96. The Hall–Kier alpha value is -2.37. The van der Waals surface area contributed by atoms with Gasteiger partial charge in [-0.05, 0) is 36.0 Å². The average Bonchev–Trinajstić information content (AvgIpc) is 2.56. The molecule has 0 aromatic heterocycles. The summed E-state index contributed by atoms with van der Waals surface area (Å²) in [5, 5.41) is 11.9. The maximum Gasteiger partial charge on any atom is 0.326 e. The zero-order valence-electron chi connectivity index (χ0n) is 17.2. The van der Waals surface area contributed by atoms with Gasteiger partial charge in [0.05, 0.1) is 0 Å². The van der Waals surface area contributed by atoms with Crippen LogP contribution in [-0.2, 0) is 16.1 Å². The van der Waals surface area contributed by atoms with Gasteiger partial charge >= 0.3 is 5.97 Å². The minimum absolute atomic E-state index is 0.000473. The highest BCUT2D eigenvalue weighted by Gasteiger charge is 2.23. The number of amides is 2. The molecule has 1 unspecified atom stereocenters. The van der Waals surface area contributed by atoms with Crippen LogP contribution in [0.2, 0.25) is 0 Å². The molecule has 0 saturated heterocycles. The molecule has 2 N–H and O–H groups in total. The first-order chi connectivity index (χ1) is 12.4. The summed E-state index contributed by atoms with van der Waals surface area (Å²) in [7, 11) is 1.75. The van der Waals surface area contributed by atoms with Gasteiger partial charge in [0, 0.05) is 25.1 Å². The summed E-state index contributed by atoms with van der Waals surface area (Å²) in [4.78, 5) is 37.4. The van der Waals surface area contributed by atoms with Gasteiger partial charge in [-0.2, -0.15) is 0 Å². The second-order valence-corrected chi connectivity index (χ2v) is 8.51. The van der Waals surface area contributed by atoms with Crippen LogP contribution < -0.4 is 5.32 Å². The third-order valence-electron chi connectivity index (χ3n) is 4.29. The Morgan fingerprint density at radius 2 is 1.67 bits per heavy atom. The number of carbonyl (C=O) groups is 3. The van der Waals surface area contributed by atoms with Crippen LogP contribution in [0, 0.1) is 11.3 Å². The molecular weight excluding hydrogens is 344 g/mol. The van der Waals surface area contributed by atoms with E-state index in [-0.39, 0.29) is 17.2 Å². The van der Waals surface area contributed by atoms with Crippen LogP contribution >= 0.6 is 0 Å². The monoisotopic (exact) mass is 376 g/mol. The van der Waals surface area contributed by atoms with E-state index < -0.39 is 17.9 Å². The standard InChI is InChI=1S/C21H32N2O4/c1-14(2)19(25)23(6)13-15-7-9-16(10-8-15)18(24)22-17(20(26)27)11-12-21(3,4)5/h7-10,14,17H,11-13H2,1-6H3,(H,22,24)(H,26,27). The normalized spacial score (nSPS) is 12.6. The van der Waals surface area contributed by atoms with Crippen molar-refractivity contribution in [3.8, 4) is 0 Å². The number of nitrogens with zero attached hydrogens (tertiary/aromatic N) is 1. The van der Waals surface area contributed by atoms with Crippen LogP contribution in [0.25, 0.3) is 0 Å². The van der Waals surface area contributed by atoms with Crippen molar-refractivity contribution in [2.45, 2.75) is 60.0 Å². The van der Waals surface area contributed by atoms with E-state index in [0.717, 1.165) is 5.56 Å². The number of hydrogen-bond acceptors (Lipinski definition) is 3. The average molecular weight is 376 g/mol. The molecule has 1 rings (SSSR count). The van der Waals surface area contributed by atoms with E-state index in [1.165, 1.54) is 0 Å². The molecule has 1 aromatic carbocycles. The predicted octanol–water partition coefficient (Wildman–Crippen LogP) is 3.31. The number of rotatable bonds is 8. The molecule has 0 aliphatic heterocycles. The summed E-state index contributed by atoms with van der Waals surface area (Å²) < 4.78 is 0. The Labute approximate surface area is 161 Å². The van der Waals surface area contributed by atoms with Gasteiger partial charge in [0.2, 0.25) is 5.91 Å². The van der Waals surface area contributed by atoms with E-state index in [4.69, 9.17) is 0 Å². The second-order valence-electron chi connectivity index (χ2n) is 8.51. The van der Waals surface area contributed by atoms with Crippen LogP contribution in [0.15, 0.2) is 24.3 Å². The molecule has 0 bridgehead atoms. The Morgan fingerprint density at radius 1 is 1.11 bits per heavy atom. The van der Waals surface area contributed by atoms with Crippen molar-refractivity contribution in [2.75, 3.05) is 7.05 Å². The molecule has 0 aliphatic rings. The fourth-order valence-electron chi connectivity index (χ4n) is 2.63. The molecule has 0 aliphatic carbocycles. The summed E-state index contributed by atoms with van der Waals surface area (Å²) in [6.07, 6.45) is 1.07. The smallest absolute Gasteiger partial charge is 0.326 e. The van der Waals surface area contributed by atoms with Crippen molar-refractivity contribution < 1.29 is 19.5 Å². The first-order valence-electron chi connectivity index (χ1n) is 9.28. The van der Waals surface area contributed by atoms with E-state index in [9.17, 15) is 19.5 Å². The highest BCUT2D eigenvalue weighted by Crippen LogP contribution is 2.22. The van der Waals surface area contributed by atoms with E-state index >= 15 is 0 Å². The van der Waals surface area contributed by atoms with Crippen molar-refractivity contribution in [2.24, 2.45) is 11.3 Å². The number of aliphatic carboxylic acids is 1. The largest absolute Gasteiger partial charge is 0.480 e. The van der Waals surface area contributed by atoms with Gasteiger partial charge in [-0.15, -0.1) is 0 Å². The number of hydrogen-bond donors (Lipinski definition) is 2. The van der Waals surface area contributed by atoms with Crippen LogP contribution in [-0.4, -0.2) is 40.9 Å². The number of nitrogens with one attached hydrogen (secondary N) is 1. The van der Waals surface area contributed by atoms with Gasteiger partial charge < -0.3 is 15.3 Å². The van der Waals surface area contributed by atoms with E-state index in [2.05, 4.69) is 5.32 Å². The number of carboxylic acids is 1. The van der Waals surface area contributed by atoms with Gasteiger partial charge in [0.15, 0.2) is 0 Å². The summed E-state index contributed by atoms with van der Waals surface area (Å²) >= 11 is 0. The molecule has 0 fully saturated rings. The minimum Gasteiger partial charge on any atom is -0.480 e. The lowest BCUT2D eigenvalue weighted by Crippen LogP contribution is -2.41. The van der Waals surface area contributed by atoms with Crippen LogP contribution in [0.4, 0.5) is 0 Å². The van der Waals surface area contributed by atoms with Gasteiger partial charge in [-0.25, -0.2) is 4.79 Å². The van der Waals surface area contributed by atoms with Gasteiger partial charge in [-0.1, -0.05) is 46.8 Å². The van der Waals surface area contributed by atoms with Crippen molar-refractivity contribution in [1.29, 1.82) is 0 Å². The third-order valence-corrected chi connectivity index (χ3v) is 4.29. The van der Waals surface area contributed by atoms with Gasteiger partial charge in [0.25, 0.3) is 5.91 Å². The molecule has 1 atom stereocenters. The van der Waals surface area contributed by atoms with E-state index in [1.54, 1.807) is 36.2 Å². The van der Waals surface area contributed by atoms with Crippen LogP contribution in [0.3, 0.4) is 0 Å². The molecule has 0 saturated carbocycles. The number of carbonyl (C=O) groups excluding carboxylic acids is 2. The zero-order chi connectivity index (χ0) is 20.8. The minimum atomic E-state index is -1.03. The highest BCUT2D eigenvalue weighted by atomic mass is 16.4. The molecule has 150 valence electrons. The van der Waals surface area contributed by atoms with Crippen molar-refractivity contribution >= 4 is 17.8 Å². The van der Waals surface area contributed by atoms with Crippen molar-refractivity contribution in [1.82, 2.24) is 10.2 Å². The van der Waals surface area contributed by atoms with Crippen molar-refractivity contribution in [3.63, 3.8) is 0 Å². The molecule has 0 heterocycles. The Balaban J connectivity index is 2.72. The van der Waals surface area contributed by atoms with Crippen LogP contribution in [0.1, 0.15) is 63.4 Å². The molecule has 6 nitrogen and oxygen atoms in total. The fraction of sp³-hybridized carbons (Fsp3) is 0.571. The first kappa shape index (κ1) is 22.7. The molecule has 0 spiro atoms. The molecule has 6 heteroatoms. The Kier molecular flexibility index (Phi) is 8.00. The molecule has 27 heavy (non-hydrogen) atoms. The van der Waals surface area contributed by atoms with Gasteiger partial charge in [0.1, 0.15) is 6.04 Å². The van der Waals surface area contributed by atoms with Crippen LogP contribution in [0.5, 0.6) is 0 Å². The lowest BCUT2D eigenvalue weighted by atomic mass is 9.88. The summed E-state index contributed by atoms with van der Waals surface area (Å²) in [6.45, 7) is 10.3. The Bertz CT molecular complexity index is 660. The lowest BCUT2D eigenvalue weighted by molar-refractivity contribution is -0.139. The lowest BCUT2D eigenvalue weighted by Gasteiger charge is -2.22. The first-order valence-corrected chi connectivity index (χ1v) is 9.28. The molecule has 2 amide bonds. The maximum absolute atomic E-state index is 12.4. The third kappa shape index (κ3) is 7.81. The molecule has 1 aromatic rings. The van der Waals surface area contributed by atoms with Gasteiger partial charge in [-0.3, -0.25) is 9.59 Å². The van der Waals surface area contributed by atoms with Crippen molar-refractivity contribution in [3.05, 3.63) is 35.4 Å². The quantitative estimate of drug-likeness (QED) is 0.729.